The predicted molar refractivity (Wildman–Crippen MR) is 106 cm³/mol. The van der Waals surface area contributed by atoms with E-state index in [1.54, 1.807) is 29.7 Å². The normalized spacial score (nSPS) is 17.4. The molecule has 4 heterocycles. The molecule has 3 aromatic rings. The van der Waals surface area contributed by atoms with Crippen molar-refractivity contribution in [1.29, 1.82) is 5.26 Å². The highest BCUT2D eigenvalue weighted by Crippen LogP contribution is 2.34. The lowest BCUT2D eigenvalue weighted by Gasteiger charge is -2.34. The Morgan fingerprint density at radius 1 is 1.22 bits per heavy atom. The second-order valence-corrected chi connectivity index (χ2v) is 7.44. The van der Waals surface area contributed by atoms with Crippen molar-refractivity contribution in [3.05, 3.63) is 65.1 Å². The van der Waals surface area contributed by atoms with Gasteiger partial charge in [0.1, 0.15) is 5.82 Å². The molecule has 0 amide bonds. The number of hydrogen-bond acceptors (Lipinski definition) is 7. The summed E-state index contributed by atoms with van der Waals surface area (Å²) in [6.07, 6.45) is 8.90. The zero-order valence-electron chi connectivity index (χ0n) is 14.9. The summed E-state index contributed by atoms with van der Waals surface area (Å²) in [6, 6.07) is 10.0. The van der Waals surface area contributed by atoms with Gasteiger partial charge >= 0.3 is 0 Å². The number of nitrogens with one attached hydrogen (secondary N) is 1. The van der Waals surface area contributed by atoms with Crippen LogP contribution in [0.2, 0.25) is 0 Å². The molecule has 1 aliphatic heterocycles. The van der Waals surface area contributed by atoms with Crippen molar-refractivity contribution in [2.75, 3.05) is 11.9 Å². The maximum atomic E-state index is 9.02. The quantitative estimate of drug-likeness (QED) is 0.716. The zero-order chi connectivity index (χ0) is 18.5. The average Bonchev–Trinajstić information content (AvgIpc) is 3.17. The van der Waals surface area contributed by atoms with Crippen LogP contribution in [0.25, 0.3) is 0 Å². The van der Waals surface area contributed by atoms with Crippen LogP contribution in [0.5, 0.6) is 0 Å². The monoisotopic (exact) mass is 376 g/mol. The second-order valence-electron chi connectivity index (χ2n) is 6.58. The van der Waals surface area contributed by atoms with E-state index in [2.05, 4.69) is 43.8 Å². The predicted octanol–water partition coefficient (Wildman–Crippen LogP) is 4.28. The first-order chi connectivity index (χ1) is 13.3. The van der Waals surface area contributed by atoms with E-state index in [0.29, 0.717) is 17.4 Å². The topological polar surface area (TPSA) is 77.7 Å². The zero-order valence-corrected chi connectivity index (χ0v) is 15.7. The number of pyridine rings is 2. The SMILES string of the molecule is N#Cc1ccnc(Nc2nc([C@@H]3CCCCN3Cc3ccncc3)cs2)c1. The van der Waals surface area contributed by atoms with Crippen molar-refractivity contribution in [2.24, 2.45) is 0 Å². The number of hydrogen-bond donors (Lipinski definition) is 1. The molecule has 0 saturated carbocycles. The molecule has 0 radical (unpaired) electrons. The third-order valence-corrected chi connectivity index (χ3v) is 5.51. The van der Waals surface area contributed by atoms with Crippen molar-refractivity contribution < 1.29 is 0 Å². The maximum absolute atomic E-state index is 9.02. The van der Waals surface area contributed by atoms with Crippen LogP contribution in [0.15, 0.2) is 48.2 Å². The van der Waals surface area contributed by atoms with Gasteiger partial charge in [-0.25, -0.2) is 9.97 Å². The number of thiazole rings is 1. The number of aromatic nitrogens is 3. The molecule has 1 fully saturated rings. The lowest BCUT2D eigenvalue weighted by molar-refractivity contribution is 0.138. The van der Waals surface area contributed by atoms with Crippen LogP contribution < -0.4 is 5.32 Å². The molecular formula is C20H20N6S. The van der Waals surface area contributed by atoms with Gasteiger partial charge in [-0.1, -0.05) is 6.42 Å². The van der Waals surface area contributed by atoms with Crippen LogP contribution in [-0.4, -0.2) is 26.4 Å². The Bertz CT molecular complexity index is 933. The summed E-state index contributed by atoms with van der Waals surface area (Å²) >= 11 is 1.58. The molecular weight excluding hydrogens is 356 g/mol. The number of piperidine rings is 1. The van der Waals surface area contributed by atoms with Gasteiger partial charge in [0.05, 0.1) is 23.4 Å². The maximum Gasteiger partial charge on any atom is 0.188 e. The molecule has 1 N–H and O–H groups in total. The Labute approximate surface area is 162 Å². The van der Waals surface area contributed by atoms with Crippen LogP contribution in [-0.2, 0) is 6.54 Å². The Morgan fingerprint density at radius 2 is 2.11 bits per heavy atom. The number of nitrogens with zero attached hydrogens (tertiary/aromatic N) is 5. The van der Waals surface area contributed by atoms with Crippen molar-refractivity contribution in [2.45, 2.75) is 31.8 Å². The minimum Gasteiger partial charge on any atom is -0.316 e. The molecule has 0 aromatic carbocycles. The minimum absolute atomic E-state index is 0.331. The third kappa shape index (κ3) is 4.30. The summed E-state index contributed by atoms with van der Waals surface area (Å²) in [5.41, 5.74) is 2.97. The summed E-state index contributed by atoms with van der Waals surface area (Å²) in [5, 5.41) is 15.2. The fourth-order valence-electron chi connectivity index (χ4n) is 3.41. The van der Waals surface area contributed by atoms with Gasteiger partial charge in [0.25, 0.3) is 0 Å². The highest BCUT2D eigenvalue weighted by molar-refractivity contribution is 7.13. The Balaban J connectivity index is 1.49. The fourth-order valence-corrected chi connectivity index (χ4v) is 4.18. The third-order valence-electron chi connectivity index (χ3n) is 4.74. The number of anilines is 2. The summed E-state index contributed by atoms with van der Waals surface area (Å²) in [6.45, 7) is 2.00. The number of rotatable bonds is 5. The van der Waals surface area contributed by atoms with E-state index in [1.807, 2.05) is 12.4 Å². The van der Waals surface area contributed by atoms with Crippen LogP contribution in [0.4, 0.5) is 10.9 Å². The van der Waals surface area contributed by atoms with E-state index in [0.717, 1.165) is 30.3 Å². The first-order valence-electron chi connectivity index (χ1n) is 9.03. The molecule has 1 aliphatic rings. The lowest BCUT2D eigenvalue weighted by atomic mass is 9.99. The van der Waals surface area contributed by atoms with E-state index in [4.69, 9.17) is 10.2 Å². The van der Waals surface area contributed by atoms with Gasteiger partial charge < -0.3 is 5.32 Å². The summed E-state index contributed by atoms with van der Waals surface area (Å²) in [5.74, 6) is 0.646. The molecule has 136 valence electrons. The molecule has 1 saturated heterocycles. The van der Waals surface area contributed by atoms with Gasteiger partial charge in [0, 0.05) is 30.5 Å². The van der Waals surface area contributed by atoms with Gasteiger partial charge in [-0.3, -0.25) is 9.88 Å². The van der Waals surface area contributed by atoms with Gasteiger partial charge in [0.15, 0.2) is 5.13 Å². The van der Waals surface area contributed by atoms with E-state index in [9.17, 15) is 0 Å². The molecule has 0 bridgehead atoms. The standard InChI is InChI=1S/C20H20N6S/c21-12-16-6-9-23-19(11-16)25-20-24-17(14-27-20)18-3-1-2-10-26(18)13-15-4-7-22-8-5-15/h4-9,11,14,18H,1-3,10,13H2,(H,23,24,25)/t18-/m0/s1. The van der Waals surface area contributed by atoms with Crippen LogP contribution in [0.1, 0.15) is 42.1 Å². The molecule has 1 atom stereocenters. The van der Waals surface area contributed by atoms with Gasteiger partial charge in [0.2, 0.25) is 0 Å². The fraction of sp³-hybridized carbons (Fsp3) is 0.300. The van der Waals surface area contributed by atoms with Crippen molar-refractivity contribution >= 4 is 22.3 Å². The van der Waals surface area contributed by atoms with E-state index in [1.165, 1.54) is 18.4 Å². The molecule has 0 unspecified atom stereocenters. The van der Waals surface area contributed by atoms with Crippen LogP contribution >= 0.6 is 11.3 Å². The molecule has 0 aliphatic carbocycles. The molecule has 27 heavy (non-hydrogen) atoms. The van der Waals surface area contributed by atoms with Gasteiger partial charge in [-0.2, -0.15) is 5.26 Å². The summed E-state index contributed by atoms with van der Waals surface area (Å²) in [7, 11) is 0. The highest BCUT2D eigenvalue weighted by Gasteiger charge is 2.26. The van der Waals surface area contributed by atoms with Gasteiger partial charge in [-0.05, 0) is 49.2 Å². The molecule has 7 heteroatoms. The molecule has 3 aromatic heterocycles. The summed E-state index contributed by atoms with van der Waals surface area (Å²) < 4.78 is 0. The largest absolute Gasteiger partial charge is 0.316 e. The first-order valence-corrected chi connectivity index (χ1v) is 9.91. The number of nitriles is 1. The van der Waals surface area contributed by atoms with Crippen LogP contribution in [0, 0.1) is 11.3 Å². The smallest absolute Gasteiger partial charge is 0.188 e. The lowest BCUT2D eigenvalue weighted by Crippen LogP contribution is -2.33. The van der Waals surface area contributed by atoms with E-state index < -0.39 is 0 Å². The Hall–Kier alpha value is -2.82. The highest BCUT2D eigenvalue weighted by atomic mass is 32.1. The van der Waals surface area contributed by atoms with Crippen LogP contribution in [0.3, 0.4) is 0 Å². The second kappa shape index (κ2) is 8.25. The van der Waals surface area contributed by atoms with Gasteiger partial charge in [-0.15, -0.1) is 11.3 Å². The molecule has 6 nitrogen and oxygen atoms in total. The van der Waals surface area contributed by atoms with Crippen molar-refractivity contribution in [3.8, 4) is 6.07 Å². The Morgan fingerprint density at radius 3 is 2.96 bits per heavy atom. The van der Waals surface area contributed by atoms with E-state index >= 15 is 0 Å². The Kier molecular flexibility index (Phi) is 5.37. The summed E-state index contributed by atoms with van der Waals surface area (Å²) in [4.78, 5) is 15.7. The first kappa shape index (κ1) is 17.6. The minimum atomic E-state index is 0.331. The van der Waals surface area contributed by atoms with Crippen molar-refractivity contribution in [3.63, 3.8) is 0 Å². The number of likely N-dealkylation sites (tertiary alicyclic amines) is 1. The molecule has 0 spiro atoms. The van der Waals surface area contributed by atoms with Crippen molar-refractivity contribution in [1.82, 2.24) is 19.9 Å². The average molecular weight is 376 g/mol. The van der Waals surface area contributed by atoms with E-state index in [-0.39, 0.29) is 0 Å². The molecule has 4 rings (SSSR count).